The molecule has 0 saturated carbocycles. The lowest BCUT2D eigenvalue weighted by molar-refractivity contribution is -0.147. The summed E-state index contributed by atoms with van der Waals surface area (Å²) in [5, 5.41) is 11.4. The summed E-state index contributed by atoms with van der Waals surface area (Å²) >= 11 is 0. The minimum Gasteiger partial charge on any atom is -0.481 e. The minimum absolute atomic E-state index is 0.101. The van der Waals surface area contributed by atoms with Crippen molar-refractivity contribution in [2.24, 2.45) is 5.41 Å². The highest BCUT2D eigenvalue weighted by Crippen LogP contribution is 2.19. The van der Waals surface area contributed by atoms with Gasteiger partial charge in [-0.2, -0.15) is 0 Å². The number of pyridine rings is 1. The van der Waals surface area contributed by atoms with Gasteiger partial charge in [-0.15, -0.1) is 0 Å². The highest BCUT2D eigenvalue weighted by atomic mass is 19.1. The summed E-state index contributed by atoms with van der Waals surface area (Å²) in [4.78, 5) is 26.0. The molecule has 0 bridgehead atoms. The first-order valence-electron chi connectivity index (χ1n) is 5.46. The fourth-order valence-electron chi connectivity index (χ4n) is 1.20. The summed E-state index contributed by atoms with van der Waals surface area (Å²) in [6, 6.07) is 2.41. The van der Waals surface area contributed by atoms with Crippen LogP contribution in [0.15, 0.2) is 18.3 Å². The van der Waals surface area contributed by atoms with Crippen molar-refractivity contribution in [1.29, 1.82) is 0 Å². The number of halogens is 1. The normalized spacial score (nSPS) is 11.1. The molecule has 0 aliphatic heterocycles. The predicted molar refractivity (Wildman–Crippen MR) is 62.6 cm³/mol. The number of rotatable bonds is 5. The van der Waals surface area contributed by atoms with Crippen molar-refractivity contribution in [2.75, 3.05) is 6.54 Å². The van der Waals surface area contributed by atoms with E-state index in [9.17, 15) is 14.0 Å². The molecule has 6 heteroatoms. The van der Waals surface area contributed by atoms with Gasteiger partial charge in [0.2, 0.25) is 0 Å². The van der Waals surface area contributed by atoms with E-state index in [-0.39, 0.29) is 12.2 Å². The van der Waals surface area contributed by atoms with Gasteiger partial charge in [0.1, 0.15) is 11.5 Å². The Balaban J connectivity index is 2.47. The fourth-order valence-corrected chi connectivity index (χ4v) is 1.20. The Hall–Kier alpha value is -1.98. The standard InChI is InChI=1S/C12H15FN2O3/c1-12(2,11(17)18)5-6-14-10(16)9-4-3-8(13)7-15-9/h3-4,7H,5-6H2,1-2H3,(H,14,16)(H,17,18). The molecule has 0 aromatic carbocycles. The summed E-state index contributed by atoms with van der Waals surface area (Å²) in [5.41, 5.74) is -0.798. The summed E-state index contributed by atoms with van der Waals surface area (Å²) in [7, 11) is 0. The second-order valence-corrected chi connectivity index (χ2v) is 4.56. The zero-order valence-corrected chi connectivity index (χ0v) is 10.2. The third kappa shape index (κ3) is 3.80. The van der Waals surface area contributed by atoms with E-state index in [0.717, 1.165) is 12.3 Å². The average Bonchev–Trinajstić information content (AvgIpc) is 2.29. The monoisotopic (exact) mass is 254 g/mol. The molecule has 1 aromatic rings. The molecule has 0 atom stereocenters. The summed E-state index contributed by atoms with van der Waals surface area (Å²) in [6.45, 7) is 3.38. The van der Waals surface area contributed by atoms with Crippen molar-refractivity contribution >= 4 is 11.9 Å². The maximum Gasteiger partial charge on any atom is 0.309 e. The van der Waals surface area contributed by atoms with Crippen LogP contribution in [0.5, 0.6) is 0 Å². The van der Waals surface area contributed by atoms with E-state index in [2.05, 4.69) is 10.3 Å². The molecule has 18 heavy (non-hydrogen) atoms. The molecule has 0 fully saturated rings. The van der Waals surface area contributed by atoms with Gasteiger partial charge >= 0.3 is 5.97 Å². The van der Waals surface area contributed by atoms with Crippen molar-refractivity contribution in [3.05, 3.63) is 29.8 Å². The van der Waals surface area contributed by atoms with Crippen LogP contribution in [-0.4, -0.2) is 28.5 Å². The SMILES string of the molecule is CC(C)(CCNC(=O)c1ccc(F)cn1)C(=O)O. The number of aliphatic carboxylic acids is 1. The van der Waals surface area contributed by atoms with Crippen molar-refractivity contribution in [3.63, 3.8) is 0 Å². The van der Waals surface area contributed by atoms with Crippen LogP contribution in [0.1, 0.15) is 30.8 Å². The Morgan fingerprint density at radius 1 is 1.44 bits per heavy atom. The average molecular weight is 254 g/mol. The number of hydrogen-bond donors (Lipinski definition) is 2. The van der Waals surface area contributed by atoms with E-state index in [4.69, 9.17) is 5.11 Å². The molecular weight excluding hydrogens is 239 g/mol. The van der Waals surface area contributed by atoms with Gasteiger partial charge < -0.3 is 10.4 Å². The molecule has 5 nitrogen and oxygen atoms in total. The fraction of sp³-hybridized carbons (Fsp3) is 0.417. The van der Waals surface area contributed by atoms with Gasteiger partial charge in [0.05, 0.1) is 11.6 Å². The lowest BCUT2D eigenvalue weighted by Gasteiger charge is -2.18. The second-order valence-electron chi connectivity index (χ2n) is 4.56. The number of hydrogen-bond acceptors (Lipinski definition) is 3. The Labute approximate surface area is 104 Å². The number of carboxylic acids is 1. The summed E-state index contributed by atoms with van der Waals surface area (Å²) < 4.78 is 12.6. The zero-order chi connectivity index (χ0) is 13.8. The van der Waals surface area contributed by atoms with Gasteiger partial charge in [-0.1, -0.05) is 0 Å². The van der Waals surface area contributed by atoms with Crippen LogP contribution in [0.4, 0.5) is 4.39 Å². The second kappa shape index (κ2) is 5.57. The first-order valence-corrected chi connectivity index (χ1v) is 5.46. The number of aromatic nitrogens is 1. The van der Waals surface area contributed by atoms with Gasteiger partial charge in [0.15, 0.2) is 0 Å². The molecule has 0 saturated heterocycles. The number of carbonyl (C=O) groups is 2. The van der Waals surface area contributed by atoms with Crippen molar-refractivity contribution < 1.29 is 19.1 Å². The maximum atomic E-state index is 12.6. The van der Waals surface area contributed by atoms with Crippen molar-refractivity contribution in [1.82, 2.24) is 10.3 Å². The van der Waals surface area contributed by atoms with Crippen LogP contribution in [0, 0.1) is 11.2 Å². The maximum absolute atomic E-state index is 12.6. The van der Waals surface area contributed by atoms with E-state index in [1.165, 1.54) is 6.07 Å². The topological polar surface area (TPSA) is 79.3 Å². The Bertz CT molecular complexity index is 443. The highest BCUT2D eigenvalue weighted by Gasteiger charge is 2.26. The number of carbonyl (C=O) groups excluding carboxylic acids is 1. The smallest absolute Gasteiger partial charge is 0.309 e. The van der Waals surface area contributed by atoms with E-state index >= 15 is 0 Å². The van der Waals surface area contributed by atoms with E-state index in [1.807, 2.05) is 0 Å². The van der Waals surface area contributed by atoms with Gasteiger partial charge in [0, 0.05) is 6.54 Å². The van der Waals surface area contributed by atoms with Gasteiger partial charge in [-0.25, -0.2) is 9.37 Å². The third-order valence-corrected chi connectivity index (χ3v) is 2.57. The van der Waals surface area contributed by atoms with Gasteiger partial charge in [-0.3, -0.25) is 9.59 Å². The van der Waals surface area contributed by atoms with E-state index in [0.29, 0.717) is 6.42 Å². The Morgan fingerprint density at radius 2 is 2.11 bits per heavy atom. The lowest BCUT2D eigenvalue weighted by Crippen LogP contribution is -2.32. The van der Waals surface area contributed by atoms with Gasteiger partial charge in [0.25, 0.3) is 5.91 Å². The molecule has 98 valence electrons. The predicted octanol–water partition coefficient (Wildman–Crippen LogP) is 1.45. The molecular formula is C12H15FN2O3. The van der Waals surface area contributed by atoms with Gasteiger partial charge in [-0.05, 0) is 32.4 Å². The van der Waals surface area contributed by atoms with E-state index < -0.39 is 23.1 Å². The third-order valence-electron chi connectivity index (χ3n) is 2.57. The Kier molecular flexibility index (Phi) is 4.36. The zero-order valence-electron chi connectivity index (χ0n) is 10.2. The minimum atomic E-state index is -0.920. The summed E-state index contributed by atoms with van der Waals surface area (Å²) in [5.74, 6) is -1.88. The van der Waals surface area contributed by atoms with Crippen LogP contribution in [0.25, 0.3) is 0 Å². The molecule has 1 heterocycles. The molecule has 0 radical (unpaired) electrons. The van der Waals surface area contributed by atoms with Crippen LogP contribution in [0.3, 0.4) is 0 Å². The summed E-state index contributed by atoms with van der Waals surface area (Å²) in [6.07, 6.45) is 1.26. The Morgan fingerprint density at radius 3 is 2.61 bits per heavy atom. The molecule has 0 spiro atoms. The molecule has 1 aromatic heterocycles. The van der Waals surface area contributed by atoms with Crippen LogP contribution >= 0.6 is 0 Å². The number of nitrogens with one attached hydrogen (secondary N) is 1. The molecule has 0 aliphatic carbocycles. The molecule has 1 amide bonds. The first kappa shape index (κ1) is 14.1. The largest absolute Gasteiger partial charge is 0.481 e. The molecule has 0 unspecified atom stereocenters. The number of carboxylic acid groups (broad SMARTS) is 1. The highest BCUT2D eigenvalue weighted by molar-refractivity contribution is 5.92. The quantitative estimate of drug-likeness (QED) is 0.833. The first-order chi connectivity index (χ1) is 8.33. The van der Waals surface area contributed by atoms with E-state index in [1.54, 1.807) is 13.8 Å². The van der Waals surface area contributed by atoms with Crippen molar-refractivity contribution in [2.45, 2.75) is 20.3 Å². The van der Waals surface area contributed by atoms with Crippen LogP contribution in [0.2, 0.25) is 0 Å². The molecule has 2 N–H and O–H groups in total. The molecule has 0 aliphatic rings. The number of nitrogens with zero attached hydrogens (tertiary/aromatic N) is 1. The number of amides is 1. The van der Waals surface area contributed by atoms with Crippen LogP contribution in [-0.2, 0) is 4.79 Å². The lowest BCUT2D eigenvalue weighted by atomic mass is 9.90. The van der Waals surface area contributed by atoms with Crippen LogP contribution < -0.4 is 5.32 Å². The molecule has 1 rings (SSSR count). The van der Waals surface area contributed by atoms with Crippen molar-refractivity contribution in [3.8, 4) is 0 Å².